The van der Waals surface area contributed by atoms with Crippen LogP contribution in [-0.4, -0.2) is 66.7 Å². The summed E-state index contributed by atoms with van der Waals surface area (Å²) in [4.78, 5) is 20.4. The Bertz CT molecular complexity index is 747. The summed E-state index contributed by atoms with van der Waals surface area (Å²) in [5.74, 6) is -2.04. The van der Waals surface area contributed by atoms with Gasteiger partial charge in [0, 0.05) is 6.61 Å². The summed E-state index contributed by atoms with van der Waals surface area (Å²) in [5.41, 5.74) is 0.673. The van der Waals surface area contributed by atoms with Crippen LogP contribution < -0.4 is 9.64 Å². The first-order valence-corrected chi connectivity index (χ1v) is 9.63. The van der Waals surface area contributed by atoms with E-state index in [9.17, 15) is 13.6 Å². The van der Waals surface area contributed by atoms with Crippen LogP contribution in [0.3, 0.4) is 0 Å². The van der Waals surface area contributed by atoms with Crippen LogP contribution in [-0.2, 0) is 4.74 Å². The molecule has 5 rings (SSSR count). The number of pyridine rings is 1. The molecule has 6 nitrogen and oxygen atoms in total. The minimum atomic E-state index is -2.67. The second-order valence-corrected chi connectivity index (χ2v) is 8.28. The maximum Gasteiger partial charge on any atom is 0.282 e. The molecule has 0 aromatic carbocycles. The van der Waals surface area contributed by atoms with E-state index in [4.69, 9.17) is 9.47 Å². The first kappa shape index (κ1) is 17.2. The van der Waals surface area contributed by atoms with Crippen LogP contribution in [0.2, 0.25) is 0 Å². The number of hydrogen-bond donors (Lipinski definition) is 0. The van der Waals surface area contributed by atoms with Crippen molar-refractivity contribution in [2.75, 3.05) is 44.3 Å². The van der Waals surface area contributed by atoms with Gasteiger partial charge in [-0.05, 0) is 43.7 Å². The summed E-state index contributed by atoms with van der Waals surface area (Å²) >= 11 is 0. The van der Waals surface area contributed by atoms with Crippen LogP contribution >= 0.6 is 0 Å². The third-order valence-corrected chi connectivity index (χ3v) is 5.83. The van der Waals surface area contributed by atoms with Crippen LogP contribution in [0.15, 0.2) is 12.1 Å². The van der Waals surface area contributed by atoms with E-state index in [1.165, 1.54) is 0 Å². The van der Waals surface area contributed by atoms with Crippen LogP contribution in [0.25, 0.3) is 0 Å². The molecule has 4 heterocycles. The lowest BCUT2D eigenvalue weighted by atomic mass is 9.90. The Morgan fingerprint density at radius 2 is 2.04 bits per heavy atom. The van der Waals surface area contributed by atoms with Crippen LogP contribution in [0.1, 0.15) is 36.2 Å². The lowest BCUT2D eigenvalue weighted by Gasteiger charge is -2.46. The van der Waals surface area contributed by atoms with Crippen molar-refractivity contribution < 1.29 is 23.0 Å². The highest BCUT2D eigenvalue weighted by molar-refractivity contribution is 5.93. The topological polar surface area (TPSA) is 54.9 Å². The molecule has 3 aliphatic heterocycles. The molecular weight excluding hydrogens is 356 g/mol. The number of carbonyl (C=O) groups is 1. The standard InChI is InChI=1S/C19H23F2N3O3/c20-19(21)11-23(12-19)15-5-4-14(22-16(15)26-8-13-2-3-13)17(25)24-9-18(10-24)6-1-7-27-18/h4-5,13H,1-3,6-12H2. The zero-order chi connectivity index (χ0) is 18.6. The van der Waals surface area contributed by atoms with Gasteiger partial charge >= 0.3 is 0 Å². The number of anilines is 1. The fourth-order valence-electron chi connectivity index (χ4n) is 4.02. The van der Waals surface area contributed by atoms with Gasteiger partial charge < -0.3 is 19.3 Å². The molecule has 1 spiro atoms. The summed E-state index contributed by atoms with van der Waals surface area (Å²) in [5, 5.41) is 0. The van der Waals surface area contributed by atoms with Gasteiger partial charge in [0.05, 0.1) is 32.8 Å². The molecule has 27 heavy (non-hydrogen) atoms. The van der Waals surface area contributed by atoms with Crippen molar-refractivity contribution in [3.05, 3.63) is 17.8 Å². The number of alkyl halides is 2. The van der Waals surface area contributed by atoms with Gasteiger partial charge in [-0.2, -0.15) is 0 Å². The van der Waals surface area contributed by atoms with Gasteiger partial charge in [0.25, 0.3) is 11.8 Å². The molecule has 0 bridgehead atoms. The minimum absolute atomic E-state index is 0.159. The van der Waals surface area contributed by atoms with E-state index < -0.39 is 5.92 Å². The molecule has 1 aliphatic carbocycles. The second kappa shape index (κ2) is 6.02. The van der Waals surface area contributed by atoms with E-state index >= 15 is 0 Å². The Labute approximate surface area is 156 Å². The van der Waals surface area contributed by atoms with E-state index in [0.717, 1.165) is 32.3 Å². The monoisotopic (exact) mass is 379 g/mol. The predicted octanol–water partition coefficient (Wildman–Crippen LogP) is 2.33. The normalized spacial score (nSPS) is 25.3. The summed E-state index contributed by atoms with van der Waals surface area (Å²) in [7, 11) is 0. The molecule has 146 valence electrons. The number of halogens is 2. The maximum absolute atomic E-state index is 13.3. The Kier molecular flexibility index (Phi) is 3.83. The number of rotatable bonds is 5. The molecule has 1 aromatic rings. The van der Waals surface area contributed by atoms with Crippen molar-refractivity contribution in [3.8, 4) is 5.88 Å². The zero-order valence-corrected chi connectivity index (χ0v) is 15.1. The summed E-state index contributed by atoms with van der Waals surface area (Å²) < 4.78 is 38.1. The largest absolute Gasteiger partial charge is 0.476 e. The van der Waals surface area contributed by atoms with Crippen molar-refractivity contribution in [1.29, 1.82) is 0 Å². The Morgan fingerprint density at radius 1 is 1.26 bits per heavy atom. The van der Waals surface area contributed by atoms with Gasteiger partial charge in [-0.15, -0.1) is 0 Å². The first-order chi connectivity index (χ1) is 12.9. The molecule has 1 aromatic heterocycles. The summed E-state index contributed by atoms with van der Waals surface area (Å²) in [6, 6.07) is 3.29. The lowest BCUT2D eigenvalue weighted by molar-refractivity contribution is -0.0951. The Balaban J connectivity index is 1.32. The van der Waals surface area contributed by atoms with Crippen LogP contribution in [0, 0.1) is 5.92 Å². The number of amides is 1. The molecule has 0 unspecified atom stereocenters. The zero-order valence-electron chi connectivity index (χ0n) is 15.1. The van der Waals surface area contributed by atoms with Gasteiger partial charge in [0.15, 0.2) is 0 Å². The minimum Gasteiger partial charge on any atom is -0.476 e. The van der Waals surface area contributed by atoms with Crippen molar-refractivity contribution in [2.45, 2.75) is 37.2 Å². The molecule has 8 heteroatoms. The van der Waals surface area contributed by atoms with Gasteiger partial charge in [-0.25, -0.2) is 13.8 Å². The smallest absolute Gasteiger partial charge is 0.282 e. The van der Waals surface area contributed by atoms with E-state index in [1.807, 2.05) is 0 Å². The maximum atomic E-state index is 13.3. The number of nitrogens with zero attached hydrogens (tertiary/aromatic N) is 3. The van der Waals surface area contributed by atoms with Crippen LogP contribution in [0.5, 0.6) is 5.88 Å². The van der Waals surface area contributed by atoms with Crippen molar-refractivity contribution in [3.63, 3.8) is 0 Å². The number of ether oxygens (including phenoxy) is 2. The molecule has 4 aliphatic rings. The van der Waals surface area contributed by atoms with Crippen LogP contribution in [0.4, 0.5) is 14.5 Å². The second-order valence-electron chi connectivity index (χ2n) is 8.28. The summed E-state index contributed by atoms with van der Waals surface area (Å²) in [6.45, 7) is 1.77. The SMILES string of the molecule is O=C(c1ccc(N2CC(F)(F)C2)c(OCC2CC2)n1)N1CC2(CCCO2)C1. The van der Waals surface area contributed by atoms with Crippen molar-refractivity contribution in [2.24, 2.45) is 5.92 Å². The number of hydrogen-bond acceptors (Lipinski definition) is 5. The predicted molar refractivity (Wildman–Crippen MR) is 93.4 cm³/mol. The highest BCUT2D eigenvalue weighted by atomic mass is 19.3. The fraction of sp³-hybridized carbons (Fsp3) is 0.684. The van der Waals surface area contributed by atoms with Crippen molar-refractivity contribution in [1.82, 2.24) is 9.88 Å². The fourth-order valence-corrected chi connectivity index (χ4v) is 4.02. The Hall–Kier alpha value is -1.96. The highest BCUT2D eigenvalue weighted by Crippen LogP contribution is 2.39. The number of likely N-dealkylation sites (tertiary alicyclic amines) is 1. The van der Waals surface area contributed by atoms with Gasteiger partial charge in [0.1, 0.15) is 17.0 Å². The van der Waals surface area contributed by atoms with Gasteiger partial charge in [0.2, 0.25) is 5.88 Å². The van der Waals surface area contributed by atoms with Gasteiger partial charge in [-0.1, -0.05) is 0 Å². The molecule has 1 amide bonds. The molecule has 0 radical (unpaired) electrons. The average Bonchev–Trinajstić information content (AvgIpc) is 3.29. The molecule has 4 fully saturated rings. The lowest BCUT2D eigenvalue weighted by Crippen LogP contribution is -2.63. The molecule has 3 saturated heterocycles. The molecule has 1 saturated carbocycles. The summed E-state index contributed by atoms with van der Waals surface area (Å²) in [6.07, 6.45) is 4.26. The quantitative estimate of drug-likeness (QED) is 0.786. The van der Waals surface area contributed by atoms with E-state index in [1.54, 1.807) is 21.9 Å². The van der Waals surface area contributed by atoms with Crippen molar-refractivity contribution >= 4 is 11.6 Å². The highest BCUT2D eigenvalue weighted by Gasteiger charge is 2.49. The number of carbonyl (C=O) groups excluding carboxylic acids is 1. The molecule has 0 atom stereocenters. The van der Waals surface area contributed by atoms with Gasteiger partial charge in [-0.3, -0.25) is 4.79 Å². The van der Waals surface area contributed by atoms with E-state index in [-0.39, 0.29) is 30.5 Å². The van der Waals surface area contributed by atoms with E-state index in [2.05, 4.69) is 4.98 Å². The third kappa shape index (κ3) is 3.24. The number of aromatic nitrogens is 1. The third-order valence-electron chi connectivity index (χ3n) is 5.83. The first-order valence-electron chi connectivity index (χ1n) is 9.63. The molecular formula is C19H23F2N3O3. The molecule has 0 N–H and O–H groups in total. The Morgan fingerprint density at radius 3 is 2.67 bits per heavy atom. The average molecular weight is 379 g/mol. The van der Waals surface area contributed by atoms with E-state index in [0.29, 0.717) is 37.0 Å².